The Labute approximate surface area is 152 Å². The molecule has 0 radical (unpaired) electrons. The van der Waals surface area contributed by atoms with E-state index in [1.165, 1.54) is 9.21 Å². The summed E-state index contributed by atoms with van der Waals surface area (Å²) in [5.74, 6) is -0.684. The predicted octanol–water partition coefficient (Wildman–Crippen LogP) is 2.05. The summed E-state index contributed by atoms with van der Waals surface area (Å²) >= 11 is 0. The number of rotatable bonds is 3. The molecule has 0 N–H and O–H groups in total. The number of hydrogen-bond acceptors (Lipinski definition) is 4. The van der Waals surface area contributed by atoms with E-state index in [0.29, 0.717) is 17.5 Å². The molecule has 1 unspecified atom stereocenters. The third-order valence-electron chi connectivity index (χ3n) is 4.94. The van der Waals surface area contributed by atoms with Crippen LogP contribution in [0.2, 0.25) is 0 Å². The highest BCUT2D eigenvalue weighted by Crippen LogP contribution is 2.30. The van der Waals surface area contributed by atoms with Gasteiger partial charge in [0.25, 0.3) is 11.8 Å². The number of hydrogen-bond donors (Lipinski definition) is 0. The van der Waals surface area contributed by atoms with Crippen molar-refractivity contribution in [2.24, 2.45) is 0 Å². The number of carbonyl (C=O) groups excluding carboxylic acids is 2. The normalized spacial score (nSPS) is 20.7. The number of sulfonamides is 1. The van der Waals surface area contributed by atoms with Crippen LogP contribution in [0.3, 0.4) is 0 Å². The lowest BCUT2D eigenvalue weighted by Gasteiger charge is -2.22. The van der Waals surface area contributed by atoms with Crippen molar-refractivity contribution < 1.29 is 18.0 Å². The van der Waals surface area contributed by atoms with Gasteiger partial charge in [0.2, 0.25) is 10.0 Å². The molecule has 0 bridgehead atoms. The van der Waals surface area contributed by atoms with Gasteiger partial charge in [-0.2, -0.15) is 4.31 Å². The molecule has 2 heterocycles. The Morgan fingerprint density at radius 1 is 0.962 bits per heavy atom. The summed E-state index contributed by atoms with van der Waals surface area (Å²) in [6.07, 6.45) is 0.441. The zero-order valence-corrected chi connectivity index (χ0v) is 15.1. The van der Waals surface area contributed by atoms with Crippen LogP contribution in [0.4, 0.5) is 0 Å². The van der Waals surface area contributed by atoms with Crippen LogP contribution in [0.5, 0.6) is 0 Å². The maximum atomic E-state index is 12.9. The molecule has 2 aromatic carbocycles. The summed E-state index contributed by atoms with van der Waals surface area (Å²) in [5, 5.41) is 0. The van der Waals surface area contributed by atoms with Crippen LogP contribution >= 0.6 is 0 Å². The van der Waals surface area contributed by atoms with Gasteiger partial charge in [-0.15, -0.1) is 0 Å². The Hall–Kier alpha value is -2.51. The number of aryl methyl sites for hydroxylation is 1. The molecule has 26 heavy (non-hydrogen) atoms. The maximum absolute atomic E-state index is 12.9. The fraction of sp³-hybridized carbons (Fsp3) is 0.263. The first-order valence-electron chi connectivity index (χ1n) is 8.43. The number of fused-ring (bicyclic) bond motifs is 1. The largest absolute Gasteiger partial charge is 0.270 e. The van der Waals surface area contributed by atoms with Gasteiger partial charge in [0, 0.05) is 13.1 Å². The van der Waals surface area contributed by atoms with Crippen LogP contribution in [0, 0.1) is 6.92 Å². The number of carbonyl (C=O) groups is 2. The van der Waals surface area contributed by atoms with E-state index in [1.54, 1.807) is 42.5 Å². The summed E-state index contributed by atoms with van der Waals surface area (Å²) < 4.78 is 27.1. The fourth-order valence-electron chi connectivity index (χ4n) is 3.60. The van der Waals surface area contributed by atoms with Gasteiger partial charge >= 0.3 is 0 Å². The summed E-state index contributed by atoms with van der Waals surface area (Å²) in [4.78, 5) is 26.7. The van der Waals surface area contributed by atoms with Gasteiger partial charge in [0.1, 0.15) is 0 Å². The molecule has 2 amide bonds. The molecule has 7 heteroatoms. The molecule has 2 aliphatic rings. The predicted molar refractivity (Wildman–Crippen MR) is 95.3 cm³/mol. The molecule has 1 fully saturated rings. The van der Waals surface area contributed by atoms with Crippen LogP contribution in [0.25, 0.3) is 0 Å². The van der Waals surface area contributed by atoms with Gasteiger partial charge in [0.05, 0.1) is 22.1 Å². The number of imide groups is 1. The molecule has 2 aromatic rings. The third-order valence-corrected chi connectivity index (χ3v) is 6.81. The molecule has 4 rings (SSSR count). The molecule has 2 aliphatic heterocycles. The zero-order chi connectivity index (χ0) is 18.5. The monoisotopic (exact) mass is 370 g/mol. The van der Waals surface area contributed by atoms with Crippen LogP contribution in [-0.2, 0) is 10.0 Å². The van der Waals surface area contributed by atoms with Gasteiger partial charge in [-0.05, 0) is 43.2 Å². The lowest BCUT2D eigenvalue weighted by atomic mass is 10.1. The number of nitrogens with zero attached hydrogens (tertiary/aromatic N) is 2. The Bertz CT molecular complexity index is 981. The topological polar surface area (TPSA) is 74.8 Å². The molecule has 0 aromatic heterocycles. The maximum Gasteiger partial charge on any atom is 0.261 e. The first kappa shape index (κ1) is 16.9. The molecular formula is C19H18N2O4S. The van der Waals surface area contributed by atoms with E-state index in [1.807, 2.05) is 13.0 Å². The van der Waals surface area contributed by atoms with Gasteiger partial charge in [0.15, 0.2) is 0 Å². The Morgan fingerprint density at radius 3 is 2.23 bits per heavy atom. The van der Waals surface area contributed by atoms with Gasteiger partial charge in [-0.25, -0.2) is 8.42 Å². The summed E-state index contributed by atoms with van der Waals surface area (Å²) in [6, 6.07) is 13.0. The number of amides is 2. The van der Waals surface area contributed by atoms with Crippen LogP contribution < -0.4 is 0 Å². The minimum atomic E-state index is -3.64. The standard InChI is InChI=1S/C19H18N2O4S/c1-13-5-4-6-15(11-13)26(24,25)20-10-9-14(12-20)21-18(22)16-7-2-3-8-17(16)19(21)23/h2-8,11,14H,9-10,12H2,1H3. The van der Waals surface area contributed by atoms with Crippen molar-refractivity contribution in [3.05, 3.63) is 65.2 Å². The third kappa shape index (κ3) is 2.55. The highest BCUT2D eigenvalue weighted by molar-refractivity contribution is 7.89. The second-order valence-corrected chi connectivity index (χ2v) is 8.59. The highest BCUT2D eigenvalue weighted by atomic mass is 32.2. The van der Waals surface area contributed by atoms with E-state index < -0.39 is 16.1 Å². The molecule has 1 atom stereocenters. The van der Waals surface area contributed by atoms with E-state index in [-0.39, 0.29) is 29.8 Å². The highest BCUT2D eigenvalue weighted by Gasteiger charge is 2.44. The van der Waals surface area contributed by atoms with Crippen molar-refractivity contribution in [2.45, 2.75) is 24.3 Å². The smallest absolute Gasteiger partial charge is 0.261 e. The molecule has 6 nitrogen and oxygen atoms in total. The molecule has 0 spiro atoms. The van der Waals surface area contributed by atoms with Crippen LogP contribution in [-0.4, -0.2) is 48.6 Å². The summed E-state index contributed by atoms with van der Waals surface area (Å²) in [7, 11) is -3.64. The van der Waals surface area contributed by atoms with Crippen molar-refractivity contribution in [1.29, 1.82) is 0 Å². The second kappa shape index (κ2) is 6.03. The second-order valence-electron chi connectivity index (χ2n) is 6.65. The van der Waals surface area contributed by atoms with E-state index in [4.69, 9.17) is 0 Å². The SMILES string of the molecule is Cc1cccc(S(=O)(=O)N2CCC(N3C(=O)c4ccccc4C3=O)C2)c1. The van der Waals surface area contributed by atoms with Gasteiger partial charge < -0.3 is 0 Å². The number of benzene rings is 2. The quantitative estimate of drug-likeness (QED) is 0.775. The first-order chi connectivity index (χ1) is 12.4. The Morgan fingerprint density at radius 2 is 1.62 bits per heavy atom. The minimum Gasteiger partial charge on any atom is -0.270 e. The van der Waals surface area contributed by atoms with Crippen molar-refractivity contribution in [2.75, 3.05) is 13.1 Å². The lowest BCUT2D eigenvalue weighted by molar-refractivity contribution is 0.0593. The summed E-state index contributed by atoms with van der Waals surface area (Å²) in [6.45, 7) is 2.25. The average Bonchev–Trinajstić information content (AvgIpc) is 3.20. The molecule has 134 valence electrons. The molecule has 1 saturated heterocycles. The Kier molecular flexibility index (Phi) is 3.93. The van der Waals surface area contributed by atoms with E-state index in [2.05, 4.69) is 0 Å². The van der Waals surface area contributed by atoms with Gasteiger partial charge in [-0.1, -0.05) is 24.3 Å². The fourth-order valence-corrected chi connectivity index (χ4v) is 5.20. The van der Waals surface area contributed by atoms with Crippen molar-refractivity contribution in [3.8, 4) is 0 Å². The Balaban J connectivity index is 1.58. The molecular weight excluding hydrogens is 352 g/mol. The van der Waals surface area contributed by atoms with E-state index in [0.717, 1.165) is 5.56 Å². The van der Waals surface area contributed by atoms with Gasteiger partial charge in [-0.3, -0.25) is 14.5 Å². The molecule has 0 aliphatic carbocycles. The first-order valence-corrected chi connectivity index (χ1v) is 9.87. The van der Waals surface area contributed by atoms with E-state index in [9.17, 15) is 18.0 Å². The molecule has 0 saturated carbocycles. The zero-order valence-electron chi connectivity index (χ0n) is 14.3. The van der Waals surface area contributed by atoms with Crippen molar-refractivity contribution in [3.63, 3.8) is 0 Å². The van der Waals surface area contributed by atoms with E-state index >= 15 is 0 Å². The lowest BCUT2D eigenvalue weighted by Crippen LogP contribution is -2.42. The average molecular weight is 370 g/mol. The summed E-state index contributed by atoms with van der Waals surface area (Å²) in [5.41, 5.74) is 1.64. The minimum absolute atomic E-state index is 0.127. The van der Waals surface area contributed by atoms with Crippen molar-refractivity contribution >= 4 is 21.8 Å². The van der Waals surface area contributed by atoms with Crippen LogP contribution in [0.1, 0.15) is 32.7 Å². The van der Waals surface area contributed by atoms with Crippen molar-refractivity contribution in [1.82, 2.24) is 9.21 Å². The van der Waals surface area contributed by atoms with Crippen LogP contribution in [0.15, 0.2) is 53.4 Å².